The lowest BCUT2D eigenvalue weighted by atomic mass is 10.3. The van der Waals surface area contributed by atoms with Crippen molar-refractivity contribution in [3.05, 3.63) is 46.0 Å². The molecular formula is C11H13ClN2O4S2. The first-order valence-electron chi connectivity index (χ1n) is 5.50. The number of nitrogens with one attached hydrogen (secondary N) is 1. The number of nitro groups is 1. The first-order chi connectivity index (χ1) is 9.38. The van der Waals surface area contributed by atoms with E-state index in [1.165, 1.54) is 23.9 Å². The van der Waals surface area contributed by atoms with Gasteiger partial charge in [0.15, 0.2) is 0 Å². The standard InChI is InChI=1S/C11H13ClN2O4S2/c1-2-6-19-7-5-13-20(17,18)9-3-4-10(12)11(8-9)14(15)16/h2-4,8,13H,1,5-7H2. The number of thioether (sulfide) groups is 1. The van der Waals surface area contributed by atoms with Gasteiger partial charge in [-0.2, -0.15) is 11.8 Å². The maximum Gasteiger partial charge on any atom is 0.289 e. The van der Waals surface area contributed by atoms with Crippen molar-refractivity contribution in [3.8, 4) is 0 Å². The molecule has 0 amide bonds. The number of nitrogens with zero attached hydrogens (tertiary/aromatic N) is 1. The Balaban J connectivity index is 2.80. The average Bonchev–Trinajstić information content (AvgIpc) is 2.38. The van der Waals surface area contributed by atoms with Crippen LogP contribution in [0.25, 0.3) is 0 Å². The Morgan fingerprint density at radius 1 is 1.50 bits per heavy atom. The molecule has 0 saturated carbocycles. The van der Waals surface area contributed by atoms with Crippen LogP contribution in [-0.2, 0) is 10.0 Å². The van der Waals surface area contributed by atoms with E-state index in [2.05, 4.69) is 11.3 Å². The first-order valence-corrected chi connectivity index (χ1v) is 8.52. The SMILES string of the molecule is C=CCSCCNS(=O)(=O)c1ccc(Cl)c([N+](=O)[O-])c1. The Hall–Kier alpha value is -1.09. The molecule has 0 saturated heterocycles. The number of halogens is 1. The van der Waals surface area contributed by atoms with Crippen LogP contribution in [0, 0.1) is 10.1 Å². The van der Waals surface area contributed by atoms with E-state index in [1.54, 1.807) is 6.08 Å². The summed E-state index contributed by atoms with van der Waals surface area (Å²) in [6, 6.07) is 3.37. The van der Waals surface area contributed by atoms with E-state index in [0.717, 1.165) is 11.8 Å². The van der Waals surface area contributed by atoms with Gasteiger partial charge in [-0.05, 0) is 12.1 Å². The van der Waals surface area contributed by atoms with Crippen molar-refractivity contribution in [2.45, 2.75) is 4.90 Å². The van der Waals surface area contributed by atoms with Crippen LogP contribution in [0.2, 0.25) is 5.02 Å². The Labute approximate surface area is 126 Å². The van der Waals surface area contributed by atoms with Crippen LogP contribution < -0.4 is 4.72 Å². The molecule has 6 nitrogen and oxygen atoms in total. The number of sulfonamides is 1. The topological polar surface area (TPSA) is 89.3 Å². The highest BCUT2D eigenvalue weighted by Gasteiger charge is 2.20. The van der Waals surface area contributed by atoms with Crippen molar-refractivity contribution < 1.29 is 13.3 Å². The van der Waals surface area contributed by atoms with Crippen LogP contribution >= 0.6 is 23.4 Å². The van der Waals surface area contributed by atoms with Crippen molar-refractivity contribution in [1.29, 1.82) is 0 Å². The summed E-state index contributed by atoms with van der Waals surface area (Å²) in [6.07, 6.45) is 1.72. The van der Waals surface area contributed by atoms with Gasteiger partial charge in [-0.1, -0.05) is 17.7 Å². The lowest BCUT2D eigenvalue weighted by Crippen LogP contribution is -2.26. The average molecular weight is 337 g/mol. The van der Waals surface area contributed by atoms with E-state index in [1.807, 2.05) is 0 Å². The molecule has 0 fully saturated rings. The number of nitro benzene ring substituents is 1. The van der Waals surface area contributed by atoms with Gasteiger partial charge in [-0.3, -0.25) is 10.1 Å². The second kappa shape index (κ2) is 7.63. The quantitative estimate of drug-likeness (QED) is 0.341. The molecule has 1 rings (SSSR count). The minimum Gasteiger partial charge on any atom is -0.258 e. The van der Waals surface area contributed by atoms with Crippen molar-refractivity contribution >= 4 is 39.1 Å². The molecule has 0 bridgehead atoms. The molecule has 1 N–H and O–H groups in total. The molecule has 0 radical (unpaired) electrons. The highest BCUT2D eigenvalue weighted by Crippen LogP contribution is 2.26. The molecule has 0 aliphatic carbocycles. The second-order valence-electron chi connectivity index (χ2n) is 3.63. The summed E-state index contributed by atoms with van der Waals surface area (Å²) < 4.78 is 26.3. The largest absolute Gasteiger partial charge is 0.289 e. The molecule has 20 heavy (non-hydrogen) atoms. The molecule has 1 aromatic carbocycles. The van der Waals surface area contributed by atoms with E-state index in [-0.39, 0.29) is 16.5 Å². The molecule has 0 heterocycles. The maximum absolute atomic E-state index is 11.9. The van der Waals surface area contributed by atoms with E-state index in [9.17, 15) is 18.5 Å². The van der Waals surface area contributed by atoms with Gasteiger partial charge in [-0.25, -0.2) is 13.1 Å². The smallest absolute Gasteiger partial charge is 0.258 e. The van der Waals surface area contributed by atoms with Gasteiger partial charge in [0, 0.05) is 24.1 Å². The zero-order valence-electron chi connectivity index (χ0n) is 10.4. The van der Waals surface area contributed by atoms with E-state index >= 15 is 0 Å². The summed E-state index contributed by atoms with van der Waals surface area (Å²) in [7, 11) is -3.77. The third-order valence-corrected chi connectivity index (χ3v) is 4.94. The van der Waals surface area contributed by atoms with Crippen molar-refractivity contribution in [1.82, 2.24) is 4.72 Å². The molecule has 0 atom stereocenters. The normalized spacial score (nSPS) is 11.2. The van der Waals surface area contributed by atoms with Crippen molar-refractivity contribution in [3.63, 3.8) is 0 Å². The van der Waals surface area contributed by atoms with Gasteiger partial charge in [0.05, 0.1) is 9.82 Å². The van der Waals surface area contributed by atoms with Gasteiger partial charge >= 0.3 is 0 Å². The Bertz CT molecular complexity index is 604. The molecule has 9 heteroatoms. The minimum absolute atomic E-state index is 0.101. The Morgan fingerprint density at radius 2 is 2.20 bits per heavy atom. The highest BCUT2D eigenvalue weighted by molar-refractivity contribution is 7.99. The fourth-order valence-corrected chi connectivity index (χ4v) is 3.24. The van der Waals surface area contributed by atoms with E-state index in [4.69, 9.17) is 11.6 Å². The maximum atomic E-state index is 11.9. The van der Waals surface area contributed by atoms with Gasteiger partial charge in [0.1, 0.15) is 5.02 Å². The summed E-state index contributed by atoms with van der Waals surface area (Å²) in [4.78, 5) is 9.83. The Morgan fingerprint density at radius 3 is 2.80 bits per heavy atom. The summed E-state index contributed by atoms with van der Waals surface area (Å²) in [5.74, 6) is 1.31. The monoisotopic (exact) mass is 336 g/mol. The number of rotatable bonds is 8. The predicted molar refractivity (Wildman–Crippen MR) is 80.8 cm³/mol. The molecule has 1 aromatic rings. The molecule has 0 aliphatic rings. The zero-order chi connectivity index (χ0) is 15.2. The van der Waals surface area contributed by atoms with Crippen LogP contribution in [-0.4, -0.2) is 31.4 Å². The summed E-state index contributed by atoms with van der Waals surface area (Å²) in [5, 5.41) is 10.6. The highest BCUT2D eigenvalue weighted by atomic mass is 35.5. The molecule has 0 unspecified atom stereocenters. The van der Waals surface area contributed by atoms with Crippen LogP contribution in [0.3, 0.4) is 0 Å². The summed E-state index contributed by atoms with van der Waals surface area (Å²) >= 11 is 7.16. The van der Waals surface area contributed by atoms with Crippen LogP contribution in [0.15, 0.2) is 35.7 Å². The van der Waals surface area contributed by atoms with Gasteiger partial charge in [-0.15, -0.1) is 6.58 Å². The Kier molecular flexibility index (Phi) is 6.47. The third kappa shape index (κ3) is 4.78. The van der Waals surface area contributed by atoms with Crippen LogP contribution in [0.1, 0.15) is 0 Å². The van der Waals surface area contributed by atoms with E-state index < -0.39 is 20.6 Å². The number of hydrogen-bond donors (Lipinski definition) is 1. The summed E-state index contributed by atoms with van der Waals surface area (Å²) in [6.45, 7) is 3.79. The second-order valence-corrected chi connectivity index (χ2v) is 6.96. The summed E-state index contributed by atoms with van der Waals surface area (Å²) in [5.41, 5.74) is -0.435. The van der Waals surface area contributed by atoms with Gasteiger partial charge < -0.3 is 0 Å². The predicted octanol–water partition coefficient (Wildman–Crippen LogP) is 2.45. The molecule has 0 aromatic heterocycles. The number of hydrogen-bond acceptors (Lipinski definition) is 5. The lowest BCUT2D eigenvalue weighted by molar-refractivity contribution is -0.384. The minimum atomic E-state index is -3.77. The molecule has 0 spiro atoms. The zero-order valence-corrected chi connectivity index (χ0v) is 12.8. The van der Waals surface area contributed by atoms with Crippen molar-refractivity contribution in [2.75, 3.05) is 18.1 Å². The fraction of sp³-hybridized carbons (Fsp3) is 0.273. The fourth-order valence-electron chi connectivity index (χ4n) is 1.30. The van der Waals surface area contributed by atoms with Crippen LogP contribution in [0.4, 0.5) is 5.69 Å². The molecule has 110 valence electrons. The van der Waals surface area contributed by atoms with Crippen molar-refractivity contribution in [2.24, 2.45) is 0 Å². The van der Waals surface area contributed by atoms with Gasteiger partial charge in [0.25, 0.3) is 5.69 Å². The third-order valence-electron chi connectivity index (χ3n) is 2.20. The molecular weight excluding hydrogens is 324 g/mol. The van der Waals surface area contributed by atoms with Crippen LogP contribution in [0.5, 0.6) is 0 Å². The van der Waals surface area contributed by atoms with E-state index in [0.29, 0.717) is 5.75 Å². The lowest BCUT2D eigenvalue weighted by Gasteiger charge is -2.06. The van der Waals surface area contributed by atoms with Gasteiger partial charge in [0.2, 0.25) is 10.0 Å². The molecule has 0 aliphatic heterocycles. The first kappa shape index (κ1) is 17.0. The number of benzene rings is 1.